The Labute approximate surface area is 195 Å². The van der Waals surface area contributed by atoms with Crippen LogP contribution < -0.4 is 5.14 Å². The monoisotopic (exact) mass is 477 g/mol. The molecule has 2 heterocycles. The van der Waals surface area contributed by atoms with Crippen molar-refractivity contribution in [2.45, 2.75) is 16.5 Å². The number of benzene rings is 2. The molecule has 0 bridgehead atoms. The number of rotatable bonds is 6. The predicted octanol–water partition coefficient (Wildman–Crippen LogP) is 5.74. The Kier molecular flexibility index (Phi) is 6.44. The number of aromatic nitrogens is 1. The first-order chi connectivity index (χ1) is 15.4. The van der Waals surface area contributed by atoms with Gasteiger partial charge in [0.15, 0.2) is 4.58 Å². The molecule has 0 fully saturated rings. The molecule has 2 N–H and O–H groups in total. The van der Waals surface area contributed by atoms with E-state index in [0.29, 0.717) is 27.4 Å². The lowest BCUT2D eigenvalue weighted by Gasteiger charge is -2.17. The summed E-state index contributed by atoms with van der Waals surface area (Å²) in [5.41, 5.74) is 4.20. The molecule has 2 aromatic carbocycles. The van der Waals surface area contributed by atoms with Crippen LogP contribution in [0.5, 0.6) is 0 Å². The second-order valence-electron chi connectivity index (χ2n) is 7.14. The van der Waals surface area contributed by atoms with Crippen molar-refractivity contribution in [2.75, 3.05) is 0 Å². The van der Waals surface area contributed by atoms with Gasteiger partial charge in [0.2, 0.25) is 10.0 Å². The molecule has 1 atom stereocenters. The lowest BCUT2D eigenvalue weighted by molar-refractivity contribution is 0.596. The van der Waals surface area contributed by atoms with E-state index in [1.807, 2.05) is 54.8 Å². The first-order valence-electron chi connectivity index (χ1n) is 9.66. The number of pyridine rings is 1. The molecule has 0 spiro atoms. The number of nitrogens with zero attached hydrogens (tertiary/aromatic N) is 2. The fourth-order valence-electron chi connectivity index (χ4n) is 3.26. The zero-order chi connectivity index (χ0) is 22.7. The van der Waals surface area contributed by atoms with Crippen LogP contribution in [-0.4, -0.2) is 13.4 Å². The van der Waals surface area contributed by atoms with E-state index in [4.69, 9.17) is 10.1 Å². The van der Waals surface area contributed by atoms with Crippen molar-refractivity contribution in [1.29, 1.82) is 5.26 Å². The quantitative estimate of drug-likeness (QED) is 0.357. The Morgan fingerprint density at radius 1 is 1.06 bits per heavy atom. The summed E-state index contributed by atoms with van der Waals surface area (Å²) in [4.78, 5) is 5.63. The van der Waals surface area contributed by atoms with E-state index in [9.17, 15) is 13.7 Å². The van der Waals surface area contributed by atoms with Gasteiger partial charge >= 0.3 is 0 Å². The molecule has 0 aliphatic rings. The van der Waals surface area contributed by atoms with Gasteiger partial charge in [-0.05, 0) is 35.6 Å². The number of thiophene rings is 1. The van der Waals surface area contributed by atoms with E-state index in [1.165, 1.54) is 11.3 Å². The molecule has 0 saturated carbocycles. The molecule has 2 aromatic heterocycles. The van der Waals surface area contributed by atoms with Crippen LogP contribution in [0.3, 0.4) is 0 Å². The number of hydrogen-bond acceptors (Lipinski definition) is 6. The van der Waals surface area contributed by atoms with Crippen molar-refractivity contribution < 1.29 is 8.42 Å². The number of nitriles is 1. The van der Waals surface area contributed by atoms with Gasteiger partial charge in [-0.15, -0.1) is 11.3 Å². The molecule has 0 aliphatic carbocycles. The van der Waals surface area contributed by atoms with Gasteiger partial charge in [0.1, 0.15) is 11.1 Å². The maximum absolute atomic E-state index is 12.5. The molecule has 0 saturated heterocycles. The standard InChI is InChI=1S/C24H19N3O2S3/c1-16-9-11-17(12-10-16)19-14-21(22-8-5-13-30-22)27-23(20(19)15-25)31-24(32(26,28)29)18-6-3-2-4-7-18/h2-14,24H,1H3,(H2,26,28,29). The summed E-state index contributed by atoms with van der Waals surface area (Å²) in [5.74, 6) is 0. The van der Waals surface area contributed by atoms with Crippen LogP contribution in [0.25, 0.3) is 21.7 Å². The summed E-state index contributed by atoms with van der Waals surface area (Å²) in [6.45, 7) is 2.00. The van der Waals surface area contributed by atoms with Crippen molar-refractivity contribution in [3.8, 4) is 27.8 Å². The SMILES string of the molecule is Cc1ccc(-c2cc(-c3cccs3)nc(SC(c3ccccc3)S(N)(=O)=O)c2C#N)cc1. The maximum Gasteiger partial charge on any atom is 0.226 e. The smallest absolute Gasteiger partial charge is 0.226 e. The van der Waals surface area contributed by atoms with E-state index in [0.717, 1.165) is 27.8 Å². The second kappa shape index (κ2) is 9.27. The lowest BCUT2D eigenvalue weighted by Crippen LogP contribution is -2.19. The largest absolute Gasteiger partial charge is 0.239 e. The summed E-state index contributed by atoms with van der Waals surface area (Å²) in [5, 5.41) is 17.9. The summed E-state index contributed by atoms with van der Waals surface area (Å²) in [6, 6.07) is 24.6. The predicted molar refractivity (Wildman–Crippen MR) is 131 cm³/mol. The molecule has 8 heteroatoms. The topological polar surface area (TPSA) is 96.8 Å². The number of nitrogens with two attached hydrogens (primary N) is 1. The Hall–Kier alpha value is -2.96. The van der Waals surface area contributed by atoms with Crippen LogP contribution in [0.1, 0.15) is 21.3 Å². The highest BCUT2D eigenvalue weighted by Gasteiger charge is 2.28. The molecule has 4 rings (SSSR count). The molecule has 5 nitrogen and oxygen atoms in total. The van der Waals surface area contributed by atoms with Crippen molar-refractivity contribution in [3.05, 3.63) is 94.9 Å². The molecular formula is C24H19N3O2S3. The normalized spacial score (nSPS) is 12.3. The van der Waals surface area contributed by atoms with Crippen molar-refractivity contribution in [1.82, 2.24) is 4.98 Å². The molecular weight excluding hydrogens is 458 g/mol. The third kappa shape index (κ3) is 4.76. The van der Waals surface area contributed by atoms with E-state index >= 15 is 0 Å². The average Bonchev–Trinajstić information content (AvgIpc) is 3.32. The molecule has 0 aliphatic heterocycles. The first-order valence-corrected chi connectivity index (χ1v) is 13.0. The minimum absolute atomic E-state index is 0.323. The van der Waals surface area contributed by atoms with E-state index in [-0.39, 0.29) is 0 Å². The highest BCUT2D eigenvalue weighted by molar-refractivity contribution is 8.12. The highest BCUT2D eigenvalue weighted by atomic mass is 32.3. The van der Waals surface area contributed by atoms with E-state index < -0.39 is 14.6 Å². The molecule has 4 aromatic rings. The molecule has 0 radical (unpaired) electrons. The van der Waals surface area contributed by atoms with Gasteiger partial charge in [0, 0.05) is 5.56 Å². The van der Waals surface area contributed by atoms with Gasteiger partial charge in [-0.25, -0.2) is 18.5 Å². The van der Waals surface area contributed by atoms with Gasteiger partial charge in [0.25, 0.3) is 0 Å². The van der Waals surface area contributed by atoms with Crippen LogP contribution >= 0.6 is 23.1 Å². The summed E-state index contributed by atoms with van der Waals surface area (Å²) in [6.07, 6.45) is 0. The van der Waals surface area contributed by atoms with Gasteiger partial charge in [-0.1, -0.05) is 78.0 Å². The third-order valence-electron chi connectivity index (χ3n) is 4.82. The van der Waals surface area contributed by atoms with Crippen LogP contribution in [-0.2, 0) is 10.0 Å². The van der Waals surface area contributed by atoms with Crippen molar-refractivity contribution >= 4 is 33.1 Å². The minimum Gasteiger partial charge on any atom is -0.239 e. The van der Waals surface area contributed by atoms with Crippen molar-refractivity contribution in [3.63, 3.8) is 0 Å². The Balaban J connectivity index is 1.92. The number of aryl methyl sites for hydroxylation is 1. The zero-order valence-electron chi connectivity index (χ0n) is 17.1. The van der Waals surface area contributed by atoms with Gasteiger partial charge < -0.3 is 0 Å². The van der Waals surface area contributed by atoms with Gasteiger partial charge in [0.05, 0.1) is 16.1 Å². The number of thioether (sulfide) groups is 1. The Bertz CT molecular complexity index is 1380. The number of sulfonamides is 1. The minimum atomic E-state index is -3.97. The molecule has 160 valence electrons. The maximum atomic E-state index is 12.5. The fraction of sp³-hybridized carbons (Fsp3) is 0.0833. The zero-order valence-corrected chi connectivity index (χ0v) is 19.5. The summed E-state index contributed by atoms with van der Waals surface area (Å²) >= 11 is 2.51. The Morgan fingerprint density at radius 2 is 1.78 bits per heavy atom. The second-order valence-corrected chi connectivity index (χ2v) is 11.1. The van der Waals surface area contributed by atoms with Gasteiger partial charge in [-0.2, -0.15) is 5.26 Å². The summed E-state index contributed by atoms with van der Waals surface area (Å²) in [7, 11) is -3.97. The fourth-order valence-corrected chi connectivity index (χ4v) is 6.22. The number of hydrogen-bond donors (Lipinski definition) is 1. The van der Waals surface area contributed by atoms with Crippen LogP contribution in [0.4, 0.5) is 0 Å². The first kappa shape index (κ1) is 22.2. The molecule has 1 unspecified atom stereocenters. The van der Waals surface area contributed by atoms with Crippen LogP contribution in [0, 0.1) is 18.3 Å². The molecule has 32 heavy (non-hydrogen) atoms. The third-order valence-corrected chi connectivity index (χ3v) is 8.68. The number of primary sulfonamides is 1. The van der Waals surface area contributed by atoms with E-state index in [2.05, 4.69) is 6.07 Å². The van der Waals surface area contributed by atoms with Crippen LogP contribution in [0.2, 0.25) is 0 Å². The van der Waals surface area contributed by atoms with Crippen LogP contribution in [0.15, 0.2) is 83.2 Å². The summed E-state index contributed by atoms with van der Waals surface area (Å²) < 4.78 is 23.9. The average molecular weight is 478 g/mol. The molecule has 0 amide bonds. The van der Waals surface area contributed by atoms with E-state index in [1.54, 1.807) is 30.3 Å². The van der Waals surface area contributed by atoms with Crippen molar-refractivity contribution in [2.24, 2.45) is 5.14 Å². The highest BCUT2D eigenvalue weighted by Crippen LogP contribution is 2.42. The van der Waals surface area contributed by atoms with Gasteiger partial charge in [-0.3, -0.25) is 0 Å². The Morgan fingerprint density at radius 3 is 2.38 bits per heavy atom. The lowest BCUT2D eigenvalue weighted by atomic mass is 10.00.